The van der Waals surface area contributed by atoms with Gasteiger partial charge in [-0.25, -0.2) is 13.1 Å². The molecule has 8 nitrogen and oxygen atoms in total. The van der Waals surface area contributed by atoms with Crippen molar-refractivity contribution in [2.24, 2.45) is 7.05 Å². The summed E-state index contributed by atoms with van der Waals surface area (Å²) < 4.78 is 30.8. The number of halogens is 1. The van der Waals surface area contributed by atoms with Gasteiger partial charge in [-0.2, -0.15) is 0 Å². The molecule has 0 fully saturated rings. The van der Waals surface area contributed by atoms with E-state index in [-0.39, 0.29) is 26.9 Å². The van der Waals surface area contributed by atoms with Crippen molar-refractivity contribution in [1.29, 1.82) is 0 Å². The fourth-order valence-electron chi connectivity index (χ4n) is 3.47. The highest BCUT2D eigenvalue weighted by Gasteiger charge is 2.21. The zero-order chi connectivity index (χ0) is 24.5. The summed E-state index contributed by atoms with van der Waals surface area (Å²) in [5, 5.41) is 2.74. The molecular formula is C24H21ClN4O4S. The van der Waals surface area contributed by atoms with Gasteiger partial charge in [0, 0.05) is 12.7 Å². The molecule has 2 N–H and O–H groups in total. The van der Waals surface area contributed by atoms with Crippen LogP contribution in [-0.2, 0) is 17.1 Å². The number of rotatable bonds is 6. The molecular weight excluding hydrogens is 476 g/mol. The number of carbonyl (C=O) groups is 1. The average molecular weight is 497 g/mol. The van der Waals surface area contributed by atoms with E-state index >= 15 is 0 Å². The molecule has 0 radical (unpaired) electrons. The molecule has 0 aliphatic rings. The van der Waals surface area contributed by atoms with Crippen LogP contribution in [0.3, 0.4) is 0 Å². The minimum atomic E-state index is -3.86. The van der Waals surface area contributed by atoms with Crippen molar-refractivity contribution in [3.05, 3.63) is 105 Å². The Balaban J connectivity index is 1.64. The Labute approximate surface area is 201 Å². The summed E-state index contributed by atoms with van der Waals surface area (Å²) in [4.78, 5) is 26.2. The first kappa shape index (κ1) is 23.3. The molecule has 0 aliphatic carbocycles. The Morgan fingerprint density at radius 3 is 2.21 bits per heavy atom. The van der Waals surface area contributed by atoms with E-state index < -0.39 is 21.5 Å². The quantitative estimate of drug-likeness (QED) is 0.418. The Bertz CT molecular complexity index is 1530. The van der Waals surface area contributed by atoms with Crippen molar-refractivity contribution in [2.75, 3.05) is 10.0 Å². The second-order valence-corrected chi connectivity index (χ2v) is 9.59. The van der Waals surface area contributed by atoms with Gasteiger partial charge in [0.2, 0.25) is 0 Å². The van der Waals surface area contributed by atoms with Crippen LogP contribution in [0.2, 0.25) is 5.02 Å². The van der Waals surface area contributed by atoms with Crippen molar-refractivity contribution in [3.63, 3.8) is 0 Å². The summed E-state index contributed by atoms with van der Waals surface area (Å²) in [6.45, 7) is 1.71. The maximum atomic E-state index is 13.1. The van der Waals surface area contributed by atoms with Crippen LogP contribution >= 0.6 is 11.6 Å². The monoisotopic (exact) mass is 496 g/mol. The molecule has 34 heavy (non-hydrogen) atoms. The van der Waals surface area contributed by atoms with E-state index in [1.807, 2.05) is 18.2 Å². The van der Waals surface area contributed by atoms with Crippen molar-refractivity contribution < 1.29 is 13.2 Å². The van der Waals surface area contributed by atoms with Crippen LogP contribution in [0.5, 0.6) is 0 Å². The third kappa shape index (κ3) is 4.48. The van der Waals surface area contributed by atoms with E-state index in [9.17, 15) is 18.0 Å². The molecule has 174 valence electrons. The number of hydrogen-bond donors (Lipinski definition) is 2. The summed E-state index contributed by atoms with van der Waals surface area (Å²) in [6.07, 6.45) is 0. The van der Waals surface area contributed by atoms with Gasteiger partial charge in [-0.15, -0.1) is 0 Å². The molecule has 0 bridgehead atoms. The van der Waals surface area contributed by atoms with Crippen LogP contribution in [0.1, 0.15) is 16.1 Å². The zero-order valence-electron chi connectivity index (χ0n) is 18.3. The maximum absolute atomic E-state index is 13.1. The third-order valence-corrected chi connectivity index (χ3v) is 7.04. The predicted octanol–water partition coefficient (Wildman–Crippen LogP) is 4.19. The SMILES string of the molecule is Cc1c(NC(=O)c2cc(NS(=O)(=O)c3ccccc3)ccc2Cl)c(=O)n(-c2ccccc2)n1C. The zero-order valence-corrected chi connectivity index (χ0v) is 19.9. The lowest BCUT2D eigenvalue weighted by Crippen LogP contribution is -2.23. The molecule has 0 aliphatic heterocycles. The summed E-state index contributed by atoms with van der Waals surface area (Å²) in [6, 6.07) is 21.1. The van der Waals surface area contributed by atoms with Crippen LogP contribution in [-0.4, -0.2) is 23.7 Å². The number of carbonyl (C=O) groups excluding carboxylic acids is 1. The Hall–Kier alpha value is -3.82. The van der Waals surface area contributed by atoms with Gasteiger partial charge in [-0.05, 0) is 49.4 Å². The van der Waals surface area contributed by atoms with Crippen LogP contribution in [0.25, 0.3) is 5.69 Å². The van der Waals surface area contributed by atoms with E-state index in [1.165, 1.54) is 35.0 Å². The van der Waals surface area contributed by atoms with Crippen molar-refractivity contribution in [1.82, 2.24) is 9.36 Å². The number of sulfonamides is 1. The van der Waals surface area contributed by atoms with Crippen molar-refractivity contribution in [2.45, 2.75) is 11.8 Å². The molecule has 4 aromatic rings. The summed E-state index contributed by atoms with van der Waals surface area (Å²) >= 11 is 6.23. The minimum Gasteiger partial charge on any atom is -0.316 e. The molecule has 1 amide bonds. The number of para-hydroxylation sites is 1. The van der Waals surface area contributed by atoms with E-state index in [1.54, 1.807) is 49.0 Å². The standard InChI is InChI=1S/C24H21ClN4O4S/c1-16-22(24(31)29(28(16)2)18-9-5-3-6-10-18)26-23(30)20-15-17(13-14-21(20)25)27-34(32,33)19-11-7-4-8-12-19/h3-15,27H,1-2H3,(H,26,30). The number of hydrogen-bond acceptors (Lipinski definition) is 4. The number of nitrogens with one attached hydrogen (secondary N) is 2. The Morgan fingerprint density at radius 1 is 0.941 bits per heavy atom. The number of amides is 1. The first-order chi connectivity index (χ1) is 16.2. The first-order valence-electron chi connectivity index (χ1n) is 10.2. The lowest BCUT2D eigenvalue weighted by Gasteiger charge is -2.11. The first-order valence-corrected chi connectivity index (χ1v) is 12.1. The number of anilines is 2. The van der Waals surface area contributed by atoms with Gasteiger partial charge in [-0.3, -0.25) is 19.0 Å². The normalized spacial score (nSPS) is 11.3. The molecule has 1 aromatic heterocycles. The fourth-order valence-corrected chi connectivity index (χ4v) is 4.74. The minimum absolute atomic E-state index is 0.0174. The van der Waals surface area contributed by atoms with Gasteiger partial charge < -0.3 is 5.32 Å². The second kappa shape index (κ2) is 9.20. The molecule has 0 spiro atoms. The highest BCUT2D eigenvalue weighted by molar-refractivity contribution is 7.92. The van der Waals surface area contributed by atoms with Gasteiger partial charge in [0.05, 0.1) is 26.9 Å². The molecule has 0 saturated heterocycles. The van der Waals surface area contributed by atoms with Gasteiger partial charge in [0.15, 0.2) is 0 Å². The molecule has 3 aromatic carbocycles. The fraction of sp³-hybridized carbons (Fsp3) is 0.0833. The molecule has 4 rings (SSSR count). The molecule has 1 heterocycles. The summed E-state index contributed by atoms with van der Waals surface area (Å²) in [5.74, 6) is -0.642. The van der Waals surface area contributed by atoms with Gasteiger partial charge >= 0.3 is 0 Å². The second-order valence-electron chi connectivity index (χ2n) is 7.50. The lowest BCUT2D eigenvalue weighted by molar-refractivity contribution is 0.102. The van der Waals surface area contributed by atoms with E-state index in [4.69, 9.17) is 11.6 Å². The Morgan fingerprint density at radius 2 is 1.56 bits per heavy atom. The predicted molar refractivity (Wildman–Crippen MR) is 132 cm³/mol. The summed E-state index contributed by atoms with van der Waals surface area (Å²) in [7, 11) is -2.14. The highest BCUT2D eigenvalue weighted by atomic mass is 35.5. The van der Waals surface area contributed by atoms with Crippen LogP contribution in [0, 0.1) is 6.92 Å². The summed E-state index contributed by atoms with van der Waals surface area (Å²) in [5.41, 5.74) is 1.06. The average Bonchev–Trinajstić information content (AvgIpc) is 3.04. The molecule has 0 atom stereocenters. The van der Waals surface area contributed by atoms with Crippen LogP contribution < -0.4 is 15.6 Å². The van der Waals surface area contributed by atoms with Gasteiger partial charge in [0.1, 0.15) is 5.69 Å². The highest BCUT2D eigenvalue weighted by Crippen LogP contribution is 2.24. The third-order valence-electron chi connectivity index (χ3n) is 5.31. The van der Waals surface area contributed by atoms with Crippen molar-refractivity contribution >= 4 is 38.9 Å². The largest absolute Gasteiger partial charge is 0.316 e. The maximum Gasteiger partial charge on any atom is 0.295 e. The van der Waals surface area contributed by atoms with E-state index in [0.29, 0.717) is 11.4 Å². The lowest BCUT2D eigenvalue weighted by atomic mass is 10.2. The number of benzene rings is 3. The molecule has 10 heteroatoms. The van der Waals surface area contributed by atoms with E-state index in [0.717, 1.165) is 0 Å². The topological polar surface area (TPSA) is 102 Å². The Kier molecular flexibility index (Phi) is 6.32. The van der Waals surface area contributed by atoms with Crippen LogP contribution in [0.4, 0.5) is 11.4 Å². The smallest absolute Gasteiger partial charge is 0.295 e. The van der Waals surface area contributed by atoms with Crippen molar-refractivity contribution in [3.8, 4) is 5.69 Å². The van der Waals surface area contributed by atoms with Gasteiger partial charge in [0.25, 0.3) is 21.5 Å². The van der Waals surface area contributed by atoms with E-state index in [2.05, 4.69) is 10.0 Å². The number of aromatic nitrogens is 2. The molecule has 0 unspecified atom stereocenters. The van der Waals surface area contributed by atoms with Gasteiger partial charge in [-0.1, -0.05) is 48.0 Å². The number of nitrogens with zero attached hydrogens (tertiary/aromatic N) is 2. The molecule has 0 saturated carbocycles. The van der Waals surface area contributed by atoms with Crippen LogP contribution in [0.15, 0.2) is 88.6 Å².